The Morgan fingerprint density at radius 2 is 2.05 bits per heavy atom. The van der Waals surface area contributed by atoms with Gasteiger partial charge in [0.1, 0.15) is 0 Å². The van der Waals surface area contributed by atoms with Gasteiger partial charge in [0.2, 0.25) is 0 Å². The molecule has 104 valence electrons. The van der Waals surface area contributed by atoms with Crippen LogP contribution in [0.15, 0.2) is 17.3 Å². The minimum atomic E-state index is -3.87. The number of aryl methyl sites for hydroxylation is 1. The molecule has 0 aliphatic rings. The topological polar surface area (TPSA) is 90.9 Å². The van der Waals surface area contributed by atoms with Gasteiger partial charge in [-0.05, 0) is 25.0 Å². The Bertz CT molecular complexity index is 685. The summed E-state index contributed by atoms with van der Waals surface area (Å²) >= 11 is 1.55. The zero-order valence-electron chi connectivity index (χ0n) is 11.0. The number of thiophene rings is 1. The van der Waals surface area contributed by atoms with Crippen LogP contribution in [0.3, 0.4) is 0 Å². The molecule has 0 radical (unpaired) electrons. The van der Waals surface area contributed by atoms with E-state index >= 15 is 0 Å². The van der Waals surface area contributed by atoms with Crippen molar-refractivity contribution in [3.63, 3.8) is 0 Å². The Morgan fingerprint density at radius 1 is 1.37 bits per heavy atom. The number of hydrogen-bond donors (Lipinski definition) is 1. The molecular weight excluding hydrogens is 284 g/mol. The molecule has 0 fully saturated rings. The van der Waals surface area contributed by atoms with Gasteiger partial charge in [0.05, 0.1) is 4.88 Å². The van der Waals surface area contributed by atoms with E-state index in [1.165, 1.54) is 0 Å². The molecule has 19 heavy (non-hydrogen) atoms. The lowest BCUT2D eigenvalue weighted by molar-refractivity contribution is 0.486. The highest BCUT2D eigenvalue weighted by atomic mass is 32.2. The van der Waals surface area contributed by atoms with E-state index in [1.807, 2.05) is 32.9 Å². The van der Waals surface area contributed by atoms with E-state index in [2.05, 4.69) is 10.2 Å². The normalized spacial score (nSPS) is 12.3. The van der Waals surface area contributed by atoms with Gasteiger partial charge in [0, 0.05) is 11.4 Å². The number of primary sulfonamides is 1. The van der Waals surface area contributed by atoms with Gasteiger partial charge < -0.3 is 0 Å². The molecule has 2 aromatic heterocycles. The van der Waals surface area contributed by atoms with Crippen LogP contribution in [0.1, 0.15) is 18.7 Å². The number of nitrogens with two attached hydrogens (primary N) is 1. The summed E-state index contributed by atoms with van der Waals surface area (Å²) in [5, 5.41) is 12.7. The molecule has 0 aliphatic carbocycles. The molecule has 0 atom stereocenters. The monoisotopic (exact) mass is 300 g/mol. The predicted octanol–water partition coefficient (Wildman–Crippen LogP) is 1.62. The van der Waals surface area contributed by atoms with Crippen LogP contribution in [0, 0.1) is 12.8 Å². The van der Waals surface area contributed by atoms with E-state index in [0.29, 0.717) is 12.4 Å². The maximum atomic E-state index is 11.5. The Morgan fingerprint density at radius 3 is 2.53 bits per heavy atom. The molecule has 2 aromatic rings. The lowest BCUT2D eigenvalue weighted by Crippen LogP contribution is -2.20. The minimum Gasteiger partial charge on any atom is -0.296 e. The molecule has 0 spiro atoms. The molecule has 2 heterocycles. The summed E-state index contributed by atoms with van der Waals surface area (Å²) in [6.45, 7) is 6.48. The zero-order valence-corrected chi connectivity index (χ0v) is 12.6. The number of hydrogen-bond acceptors (Lipinski definition) is 5. The first-order valence-electron chi connectivity index (χ1n) is 5.82. The summed E-state index contributed by atoms with van der Waals surface area (Å²) in [5.41, 5.74) is 0. The van der Waals surface area contributed by atoms with Crippen LogP contribution in [0.4, 0.5) is 0 Å². The Labute approximate surface area is 116 Å². The lowest BCUT2D eigenvalue weighted by atomic mass is 10.2. The molecular formula is C11H16N4O2S2. The first-order valence-corrected chi connectivity index (χ1v) is 8.18. The van der Waals surface area contributed by atoms with Crippen molar-refractivity contribution in [2.75, 3.05) is 0 Å². The highest BCUT2D eigenvalue weighted by molar-refractivity contribution is 7.89. The summed E-state index contributed by atoms with van der Waals surface area (Å²) < 4.78 is 24.7. The molecule has 8 heteroatoms. The van der Waals surface area contributed by atoms with Crippen molar-refractivity contribution >= 4 is 21.4 Å². The molecule has 2 rings (SSSR count). The Balaban J connectivity index is 2.59. The molecule has 0 bridgehead atoms. The second-order valence-electron chi connectivity index (χ2n) is 4.77. The van der Waals surface area contributed by atoms with E-state index in [-0.39, 0.29) is 11.1 Å². The van der Waals surface area contributed by atoms with Gasteiger partial charge in [0.25, 0.3) is 15.2 Å². The van der Waals surface area contributed by atoms with Crippen LogP contribution in [-0.2, 0) is 16.6 Å². The maximum absolute atomic E-state index is 11.5. The fourth-order valence-electron chi connectivity index (χ4n) is 1.77. The molecule has 0 amide bonds. The second-order valence-corrected chi connectivity index (χ2v) is 7.51. The molecule has 0 aliphatic heterocycles. The van der Waals surface area contributed by atoms with Crippen molar-refractivity contribution in [1.82, 2.24) is 14.8 Å². The molecule has 0 unspecified atom stereocenters. The van der Waals surface area contributed by atoms with Gasteiger partial charge in [-0.15, -0.1) is 21.5 Å². The highest BCUT2D eigenvalue weighted by Crippen LogP contribution is 2.28. The predicted molar refractivity (Wildman–Crippen MR) is 74.3 cm³/mol. The van der Waals surface area contributed by atoms with Crippen LogP contribution in [0.2, 0.25) is 0 Å². The van der Waals surface area contributed by atoms with Gasteiger partial charge in [0.15, 0.2) is 5.82 Å². The molecule has 2 N–H and O–H groups in total. The van der Waals surface area contributed by atoms with Crippen LogP contribution in [-0.4, -0.2) is 23.2 Å². The minimum absolute atomic E-state index is 0.178. The van der Waals surface area contributed by atoms with Crippen molar-refractivity contribution in [1.29, 1.82) is 0 Å². The van der Waals surface area contributed by atoms with E-state index in [4.69, 9.17) is 5.14 Å². The van der Waals surface area contributed by atoms with Crippen molar-refractivity contribution in [3.05, 3.63) is 17.0 Å². The fourth-order valence-corrected chi connectivity index (χ4v) is 3.25. The SMILES string of the molecule is Cc1ccc(-c2nnc(S(N)(=O)=O)n2CC(C)C)s1. The summed E-state index contributed by atoms with van der Waals surface area (Å²) in [6, 6.07) is 3.87. The third-order valence-corrected chi connectivity index (χ3v) is 4.29. The largest absolute Gasteiger partial charge is 0.296 e. The van der Waals surface area contributed by atoms with E-state index in [1.54, 1.807) is 15.9 Å². The highest BCUT2D eigenvalue weighted by Gasteiger charge is 2.23. The summed E-state index contributed by atoms with van der Waals surface area (Å²) in [4.78, 5) is 2.02. The molecule has 0 saturated carbocycles. The number of sulfonamides is 1. The van der Waals surface area contributed by atoms with Crippen LogP contribution < -0.4 is 5.14 Å². The van der Waals surface area contributed by atoms with Crippen LogP contribution in [0.5, 0.6) is 0 Å². The van der Waals surface area contributed by atoms with Gasteiger partial charge in [-0.2, -0.15) is 0 Å². The Kier molecular flexibility index (Phi) is 3.75. The van der Waals surface area contributed by atoms with Gasteiger partial charge >= 0.3 is 0 Å². The van der Waals surface area contributed by atoms with Crippen molar-refractivity contribution in [2.45, 2.75) is 32.5 Å². The molecule has 0 saturated heterocycles. The quantitative estimate of drug-likeness (QED) is 0.928. The standard InChI is InChI=1S/C11H16N4O2S2/c1-7(2)6-15-10(9-5-4-8(3)18-9)13-14-11(15)19(12,16)17/h4-5,7H,6H2,1-3H3,(H2,12,16,17). The summed E-state index contributed by atoms with van der Waals surface area (Å²) in [6.07, 6.45) is 0. The molecule has 0 aromatic carbocycles. The maximum Gasteiger partial charge on any atom is 0.273 e. The third-order valence-electron chi connectivity index (χ3n) is 2.48. The number of rotatable bonds is 4. The Hall–Kier alpha value is -1.25. The number of aromatic nitrogens is 3. The summed E-state index contributed by atoms with van der Waals surface area (Å²) in [5.74, 6) is 0.812. The average molecular weight is 300 g/mol. The van der Waals surface area contributed by atoms with Crippen molar-refractivity contribution in [2.24, 2.45) is 11.1 Å². The van der Waals surface area contributed by atoms with Crippen LogP contribution in [0.25, 0.3) is 10.7 Å². The van der Waals surface area contributed by atoms with Crippen LogP contribution >= 0.6 is 11.3 Å². The van der Waals surface area contributed by atoms with Gasteiger partial charge in [-0.1, -0.05) is 13.8 Å². The van der Waals surface area contributed by atoms with E-state index in [9.17, 15) is 8.42 Å². The smallest absolute Gasteiger partial charge is 0.273 e. The average Bonchev–Trinajstić information content (AvgIpc) is 2.82. The molecule has 6 nitrogen and oxygen atoms in total. The van der Waals surface area contributed by atoms with Gasteiger partial charge in [-0.3, -0.25) is 4.57 Å². The number of nitrogens with zero attached hydrogens (tertiary/aromatic N) is 3. The fraction of sp³-hybridized carbons (Fsp3) is 0.455. The first-order chi connectivity index (χ1) is 8.79. The van der Waals surface area contributed by atoms with E-state index < -0.39 is 10.0 Å². The van der Waals surface area contributed by atoms with Crippen molar-refractivity contribution < 1.29 is 8.42 Å². The summed E-state index contributed by atoms with van der Waals surface area (Å²) in [7, 11) is -3.87. The van der Waals surface area contributed by atoms with E-state index in [0.717, 1.165) is 9.75 Å². The lowest BCUT2D eigenvalue weighted by Gasteiger charge is -2.10. The first kappa shape index (κ1) is 14.2. The third kappa shape index (κ3) is 3.02. The van der Waals surface area contributed by atoms with Gasteiger partial charge in [-0.25, -0.2) is 13.6 Å². The second kappa shape index (κ2) is 5.03. The zero-order chi connectivity index (χ0) is 14.2. The van der Waals surface area contributed by atoms with Crippen molar-refractivity contribution in [3.8, 4) is 10.7 Å².